The third-order valence-corrected chi connectivity index (χ3v) is 4.53. The molecule has 0 unspecified atom stereocenters. The van der Waals surface area contributed by atoms with Crippen LogP contribution in [-0.2, 0) is 4.79 Å². The van der Waals surface area contributed by atoms with Crippen molar-refractivity contribution in [2.24, 2.45) is 0 Å². The molecule has 0 aromatic heterocycles. The molecular formula is C25H25N3O2. The number of anilines is 2. The fraction of sp³-hybridized carbons (Fsp3) is 0.120. The molecule has 0 aliphatic rings. The Kier molecular flexibility index (Phi) is 6.65. The molecule has 0 saturated carbocycles. The van der Waals surface area contributed by atoms with Crippen LogP contribution in [0.4, 0.5) is 11.4 Å². The second-order valence-electron chi connectivity index (χ2n) is 7.19. The third-order valence-electron chi connectivity index (χ3n) is 4.53. The van der Waals surface area contributed by atoms with Gasteiger partial charge in [0.1, 0.15) is 5.70 Å². The molecule has 152 valence electrons. The first-order chi connectivity index (χ1) is 14.4. The van der Waals surface area contributed by atoms with E-state index in [1.54, 1.807) is 30.3 Å². The van der Waals surface area contributed by atoms with Crippen molar-refractivity contribution in [1.82, 2.24) is 5.32 Å². The Hall–Kier alpha value is -3.86. The van der Waals surface area contributed by atoms with Crippen LogP contribution in [0.15, 0.2) is 84.6 Å². The quantitative estimate of drug-likeness (QED) is 0.601. The van der Waals surface area contributed by atoms with Crippen molar-refractivity contribution >= 4 is 29.3 Å². The summed E-state index contributed by atoms with van der Waals surface area (Å²) in [6.45, 7) is 1.95. The van der Waals surface area contributed by atoms with Crippen molar-refractivity contribution in [3.63, 3.8) is 0 Å². The fourth-order valence-corrected chi connectivity index (χ4v) is 2.90. The van der Waals surface area contributed by atoms with Crippen LogP contribution in [0.2, 0.25) is 0 Å². The van der Waals surface area contributed by atoms with Gasteiger partial charge in [-0.25, -0.2) is 0 Å². The minimum atomic E-state index is -0.387. The monoisotopic (exact) mass is 399 g/mol. The van der Waals surface area contributed by atoms with Crippen molar-refractivity contribution in [3.8, 4) is 0 Å². The number of hydrogen-bond acceptors (Lipinski definition) is 3. The average molecular weight is 399 g/mol. The minimum Gasteiger partial charge on any atom is -0.378 e. The largest absolute Gasteiger partial charge is 0.378 e. The number of nitrogens with one attached hydrogen (secondary N) is 2. The lowest BCUT2D eigenvalue weighted by atomic mass is 10.1. The molecule has 2 N–H and O–H groups in total. The maximum atomic E-state index is 13.0. The molecule has 3 rings (SSSR count). The molecule has 0 radical (unpaired) electrons. The first kappa shape index (κ1) is 20.9. The van der Waals surface area contributed by atoms with E-state index in [-0.39, 0.29) is 17.5 Å². The predicted octanol–water partition coefficient (Wildman–Crippen LogP) is 4.47. The maximum Gasteiger partial charge on any atom is 0.272 e. The van der Waals surface area contributed by atoms with Gasteiger partial charge in [-0.1, -0.05) is 42.5 Å². The van der Waals surface area contributed by atoms with E-state index in [2.05, 4.69) is 10.6 Å². The number of carbonyl (C=O) groups excluding carboxylic acids is 2. The average Bonchev–Trinajstić information content (AvgIpc) is 2.74. The van der Waals surface area contributed by atoms with E-state index in [1.165, 1.54) is 0 Å². The molecule has 0 aliphatic heterocycles. The number of benzene rings is 3. The van der Waals surface area contributed by atoms with Crippen LogP contribution < -0.4 is 15.5 Å². The molecule has 30 heavy (non-hydrogen) atoms. The zero-order valence-electron chi connectivity index (χ0n) is 17.3. The van der Waals surface area contributed by atoms with Gasteiger partial charge in [-0.05, 0) is 60.5 Å². The lowest BCUT2D eigenvalue weighted by Gasteiger charge is -2.13. The Morgan fingerprint density at radius 2 is 1.57 bits per heavy atom. The molecule has 3 aromatic carbocycles. The molecule has 0 fully saturated rings. The van der Waals surface area contributed by atoms with Crippen LogP contribution in [-0.4, -0.2) is 25.9 Å². The standard InChI is InChI=1S/C25H25N3O2/c1-18-8-7-11-21(16-18)26-25(30)23(27-24(29)20-9-5-4-6-10-20)17-19-12-14-22(15-13-19)28(2)3/h4-17H,1-3H3,(H,26,30)(H,27,29)/b23-17-. The van der Waals surface area contributed by atoms with Crippen LogP contribution in [0.25, 0.3) is 6.08 Å². The molecule has 0 spiro atoms. The lowest BCUT2D eigenvalue weighted by Crippen LogP contribution is -2.30. The Bertz CT molecular complexity index is 1060. The highest BCUT2D eigenvalue weighted by Crippen LogP contribution is 2.16. The maximum absolute atomic E-state index is 13.0. The number of amides is 2. The lowest BCUT2D eigenvalue weighted by molar-refractivity contribution is -0.113. The summed E-state index contributed by atoms with van der Waals surface area (Å²) >= 11 is 0. The van der Waals surface area contributed by atoms with Crippen molar-refractivity contribution in [2.75, 3.05) is 24.3 Å². The van der Waals surface area contributed by atoms with E-state index >= 15 is 0 Å². The molecule has 5 heteroatoms. The molecule has 0 heterocycles. The zero-order valence-corrected chi connectivity index (χ0v) is 17.3. The van der Waals surface area contributed by atoms with E-state index in [0.29, 0.717) is 11.3 Å². The van der Waals surface area contributed by atoms with Crippen LogP contribution in [0.5, 0.6) is 0 Å². The SMILES string of the molecule is Cc1cccc(NC(=O)/C(=C/c2ccc(N(C)C)cc2)NC(=O)c2ccccc2)c1. The van der Waals surface area contributed by atoms with E-state index < -0.39 is 0 Å². The smallest absolute Gasteiger partial charge is 0.272 e. The first-order valence-corrected chi connectivity index (χ1v) is 9.66. The van der Waals surface area contributed by atoms with Crippen molar-refractivity contribution in [2.45, 2.75) is 6.92 Å². The highest BCUT2D eigenvalue weighted by atomic mass is 16.2. The summed E-state index contributed by atoms with van der Waals surface area (Å²) in [6.07, 6.45) is 1.67. The molecule has 2 amide bonds. The Labute approximate surface area is 177 Å². The highest BCUT2D eigenvalue weighted by molar-refractivity contribution is 6.10. The zero-order chi connectivity index (χ0) is 21.5. The third kappa shape index (κ3) is 5.58. The molecule has 0 bridgehead atoms. The van der Waals surface area contributed by atoms with Crippen LogP contribution >= 0.6 is 0 Å². The van der Waals surface area contributed by atoms with Gasteiger partial charge in [0, 0.05) is 31.0 Å². The topological polar surface area (TPSA) is 61.4 Å². The van der Waals surface area contributed by atoms with Gasteiger partial charge in [-0.15, -0.1) is 0 Å². The molecular weight excluding hydrogens is 374 g/mol. The predicted molar refractivity (Wildman–Crippen MR) is 122 cm³/mol. The summed E-state index contributed by atoms with van der Waals surface area (Å²) in [6, 6.07) is 24.1. The van der Waals surface area contributed by atoms with Gasteiger partial charge in [-0.3, -0.25) is 9.59 Å². The normalized spacial score (nSPS) is 11.0. The van der Waals surface area contributed by atoms with Gasteiger partial charge in [0.15, 0.2) is 0 Å². The van der Waals surface area contributed by atoms with Gasteiger partial charge >= 0.3 is 0 Å². The molecule has 3 aromatic rings. The van der Waals surface area contributed by atoms with Gasteiger partial charge in [0.25, 0.3) is 11.8 Å². The van der Waals surface area contributed by atoms with Crippen molar-refractivity contribution in [3.05, 3.63) is 101 Å². The molecule has 0 atom stereocenters. The summed E-state index contributed by atoms with van der Waals surface area (Å²) in [5.74, 6) is -0.729. The van der Waals surface area contributed by atoms with Crippen LogP contribution in [0, 0.1) is 6.92 Å². The second kappa shape index (κ2) is 9.56. The summed E-state index contributed by atoms with van der Waals surface area (Å²) in [4.78, 5) is 27.6. The second-order valence-corrected chi connectivity index (χ2v) is 7.19. The number of aryl methyl sites for hydroxylation is 1. The number of hydrogen-bond donors (Lipinski definition) is 2. The van der Waals surface area contributed by atoms with Gasteiger partial charge < -0.3 is 15.5 Å². The van der Waals surface area contributed by atoms with Crippen LogP contribution in [0.3, 0.4) is 0 Å². The Morgan fingerprint density at radius 3 is 2.20 bits per heavy atom. The van der Waals surface area contributed by atoms with E-state index in [9.17, 15) is 9.59 Å². The molecule has 0 aliphatic carbocycles. The summed E-state index contributed by atoms with van der Waals surface area (Å²) in [7, 11) is 3.93. The van der Waals surface area contributed by atoms with E-state index in [4.69, 9.17) is 0 Å². The van der Waals surface area contributed by atoms with Crippen molar-refractivity contribution in [1.29, 1.82) is 0 Å². The fourth-order valence-electron chi connectivity index (χ4n) is 2.90. The van der Waals surface area contributed by atoms with Gasteiger partial charge in [0.05, 0.1) is 0 Å². The summed E-state index contributed by atoms with van der Waals surface area (Å²) in [5.41, 5.74) is 4.21. The summed E-state index contributed by atoms with van der Waals surface area (Å²) < 4.78 is 0. The Morgan fingerprint density at radius 1 is 0.867 bits per heavy atom. The molecule has 5 nitrogen and oxygen atoms in total. The van der Waals surface area contributed by atoms with Gasteiger partial charge in [0.2, 0.25) is 0 Å². The van der Waals surface area contributed by atoms with Crippen molar-refractivity contribution < 1.29 is 9.59 Å². The number of carbonyl (C=O) groups is 2. The molecule has 0 saturated heterocycles. The first-order valence-electron chi connectivity index (χ1n) is 9.66. The Balaban J connectivity index is 1.88. The number of rotatable bonds is 6. The highest BCUT2D eigenvalue weighted by Gasteiger charge is 2.15. The van der Waals surface area contributed by atoms with E-state index in [1.807, 2.05) is 80.5 Å². The van der Waals surface area contributed by atoms with Gasteiger partial charge in [-0.2, -0.15) is 0 Å². The number of nitrogens with zero attached hydrogens (tertiary/aromatic N) is 1. The summed E-state index contributed by atoms with van der Waals surface area (Å²) in [5, 5.41) is 5.61. The van der Waals surface area contributed by atoms with E-state index in [0.717, 1.165) is 16.8 Å². The minimum absolute atomic E-state index is 0.169. The van der Waals surface area contributed by atoms with Crippen LogP contribution in [0.1, 0.15) is 21.5 Å².